The highest BCUT2D eigenvalue weighted by atomic mass is 32.2. The van der Waals surface area contributed by atoms with Gasteiger partial charge >= 0.3 is 0 Å². The van der Waals surface area contributed by atoms with Gasteiger partial charge in [-0.25, -0.2) is 12.7 Å². The lowest BCUT2D eigenvalue weighted by atomic mass is 10.2. The molecule has 0 spiro atoms. The lowest BCUT2D eigenvalue weighted by Crippen LogP contribution is -2.40. The lowest BCUT2D eigenvalue weighted by molar-refractivity contribution is -0.131. The van der Waals surface area contributed by atoms with E-state index in [0.717, 1.165) is 32.4 Å². The molecule has 7 heteroatoms. The van der Waals surface area contributed by atoms with Gasteiger partial charge < -0.3 is 9.80 Å². The summed E-state index contributed by atoms with van der Waals surface area (Å²) in [5.74, 6) is 0.0350. The van der Waals surface area contributed by atoms with E-state index in [-0.39, 0.29) is 18.9 Å². The van der Waals surface area contributed by atoms with Crippen LogP contribution in [-0.2, 0) is 14.8 Å². The first-order chi connectivity index (χ1) is 10.3. The van der Waals surface area contributed by atoms with Crippen molar-refractivity contribution < 1.29 is 13.2 Å². The van der Waals surface area contributed by atoms with Crippen LogP contribution in [-0.4, -0.2) is 81.0 Å². The summed E-state index contributed by atoms with van der Waals surface area (Å²) in [4.78, 5) is 16.5. The van der Waals surface area contributed by atoms with E-state index < -0.39 is 10.0 Å². The van der Waals surface area contributed by atoms with Gasteiger partial charge in [0.25, 0.3) is 0 Å². The maximum absolute atomic E-state index is 12.2. The molecule has 0 aromatic heterocycles. The summed E-state index contributed by atoms with van der Waals surface area (Å²) >= 11 is 0. The number of carbonyl (C=O) groups is 1. The molecule has 1 fully saturated rings. The number of sulfonamides is 1. The smallest absolute Gasteiger partial charge is 0.223 e. The van der Waals surface area contributed by atoms with Crippen molar-refractivity contribution in [2.45, 2.75) is 39.0 Å². The Morgan fingerprint density at radius 3 is 2.18 bits per heavy atom. The van der Waals surface area contributed by atoms with Crippen LogP contribution in [0.15, 0.2) is 0 Å². The maximum Gasteiger partial charge on any atom is 0.223 e. The van der Waals surface area contributed by atoms with Crippen molar-refractivity contribution in [3.8, 4) is 0 Å². The Bertz CT molecular complexity index is 431. The monoisotopic (exact) mass is 333 g/mol. The van der Waals surface area contributed by atoms with E-state index >= 15 is 0 Å². The Labute approximate surface area is 135 Å². The van der Waals surface area contributed by atoms with Crippen molar-refractivity contribution >= 4 is 15.9 Å². The highest BCUT2D eigenvalue weighted by Gasteiger charge is 2.17. The van der Waals surface area contributed by atoms with Gasteiger partial charge in [0.2, 0.25) is 15.9 Å². The molecule has 0 unspecified atom stereocenters. The fourth-order valence-electron chi connectivity index (χ4n) is 2.66. The number of likely N-dealkylation sites (tertiary alicyclic amines) is 1. The Kier molecular flexibility index (Phi) is 8.35. The van der Waals surface area contributed by atoms with Gasteiger partial charge in [-0.1, -0.05) is 12.8 Å². The van der Waals surface area contributed by atoms with Crippen molar-refractivity contribution in [2.75, 3.05) is 52.6 Å². The fourth-order valence-corrected chi connectivity index (χ4v) is 3.08. The van der Waals surface area contributed by atoms with Crippen molar-refractivity contribution in [3.63, 3.8) is 0 Å². The lowest BCUT2D eigenvalue weighted by Gasteiger charge is -2.26. The first kappa shape index (κ1) is 19.4. The average molecular weight is 333 g/mol. The summed E-state index contributed by atoms with van der Waals surface area (Å²) in [6.07, 6.45) is 6.53. The third-order valence-corrected chi connectivity index (χ3v) is 5.64. The second kappa shape index (κ2) is 9.47. The van der Waals surface area contributed by atoms with Gasteiger partial charge in [0, 0.05) is 39.6 Å². The molecule has 0 aliphatic carbocycles. The molecule has 0 aromatic carbocycles. The molecule has 0 N–H and O–H groups in total. The Hall–Kier alpha value is -0.660. The summed E-state index contributed by atoms with van der Waals surface area (Å²) in [5, 5.41) is 0. The topological polar surface area (TPSA) is 60.9 Å². The summed E-state index contributed by atoms with van der Waals surface area (Å²) in [7, 11) is -1.70. The minimum absolute atomic E-state index is 0.0350. The zero-order chi connectivity index (χ0) is 16.6. The molecule has 0 saturated carbocycles. The van der Waals surface area contributed by atoms with Crippen LogP contribution in [0.1, 0.15) is 39.0 Å². The van der Waals surface area contributed by atoms with E-state index in [4.69, 9.17) is 0 Å². The molecule has 1 aliphatic rings. The zero-order valence-electron chi connectivity index (χ0n) is 14.3. The van der Waals surface area contributed by atoms with Crippen LogP contribution >= 0.6 is 0 Å². The standard InChI is InChI=1S/C15H31N3O3S/c1-4-18(14-13-17-10-7-5-6-8-11-17)15(19)9-12-16(2)22(3,20)21/h4-14H2,1-3H3. The van der Waals surface area contributed by atoms with Crippen LogP contribution in [0.4, 0.5) is 0 Å². The van der Waals surface area contributed by atoms with Gasteiger partial charge in [-0.2, -0.15) is 0 Å². The predicted octanol–water partition coefficient (Wildman–Crippen LogP) is 0.992. The first-order valence-corrected chi connectivity index (χ1v) is 10.1. The van der Waals surface area contributed by atoms with Crippen molar-refractivity contribution in [2.24, 2.45) is 0 Å². The number of hydrogen-bond donors (Lipinski definition) is 0. The van der Waals surface area contributed by atoms with Gasteiger partial charge in [-0.3, -0.25) is 4.79 Å². The molecule has 1 saturated heterocycles. The van der Waals surface area contributed by atoms with Gasteiger partial charge in [0.1, 0.15) is 0 Å². The number of hydrogen-bond acceptors (Lipinski definition) is 4. The number of amides is 1. The number of rotatable bonds is 8. The second-order valence-electron chi connectivity index (χ2n) is 6.06. The highest BCUT2D eigenvalue weighted by Crippen LogP contribution is 2.09. The summed E-state index contributed by atoms with van der Waals surface area (Å²) in [5.41, 5.74) is 0. The number of likely N-dealkylation sites (N-methyl/N-ethyl adjacent to an activating group) is 1. The molecule has 0 atom stereocenters. The third kappa shape index (κ3) is 7.07. The van der Waals surface area contributed by atoms with Crippen LogP contribution in [0.5, 0.6) is 0 Å². The largest absolute Gasteiger partial charge is 0.342 e. The number of carbonyl (C=O) groups excluding carboxylic acids is 1. The second-order valence-corrected chi connectivity index (χ2v) is 8.15. The number of nitrogens with zero attached hydrogens (tertiary/aromatic N) is 3. The fraction of sp³-hybridized carbons (Fsp3) is 0.933. The molecule has 1 aliphatic heterocycles. The SMILES string of the molecule is CCN(CCN1CCCCCC1)C(=O)CCN(C)S(C)(=O)=O. The van der Waals surface area contributed by atoms with E-state index in [1.807, 2.05) is 11.8 Å². The van der Waals surface area contributed by atoms with E-state index in [1.54, 1.807) is 0 Å². The molecule has 0 bridgehead atoms. The Morgan fingerprint density at radius 2 is 1.68 bits per heavy atom. The summed E-state index contributed by atoms with van der Waals surface area (Å²) in [6.45, 7) is 6.80. The summed E-state index contributed by atoms with van der Waals surface area (Å²) in [6, 6.07) is 0. The molecule has 0 aromatic rings. The van der Waals surface area contributed by atoms with E-state index in [2.05, 4.69) is 4.90 Å². The van der Waals surface area contributed by atoms with E-state index in [1.165, 1.54) is 37.0 Å². The van der Waals surface area contributed by atoms with Crippen LogP contribution in [0.3, 0.4) is 0 Å². The van der Waals surface area contributed by atoms with Crippen LogP contribution in [0.2, 0.25) is 0 Å². The van der Waals surface area contributed by atoms with E-state index in [0.29, 0.717) is 6.54 Å². The van der Waals surface area contributed by atoms with Crippen molar-refractivity contribution in [1.82, 2.24) is 14.1 Å². The van der Waals surface area contributed by atoms with Crippen molar-refractivity contribution in [1.29, 1.82) is 0 Å². The minimum Gasteiger partial charge on any atom is -0.342 e. The Balaban J connectivity index is 2.37. The maximum atomic E-state index is 12.2. The molecule has 1 heterocycles. The first-order valence-electron chi connectivity index (χ1n) is 8.26. The Morgan fingerprint density at radius 1 is 1.09 bits per heavy atom. The average Bonchev–Trinajstić information content (AvgIpc) is 2.73. The molecule has 130 valence electrons. The van der Waals surface area contributed by atoms with Crippen molar-refractivity contribution in [3.05, 3.63) is 0 Å². The molecular formula is C15H31N3O3S. The minimum atomic E-state index is -3.21. The summed E-state index contributed by atoms with van der Waals surface area (Å²) < 4.78 is 23.9. The predicted molar refractivity (Wildman–Crippen MR) is 89.3 cm³/mol. The third-order valence-electron chi connectivity index (χ3n) is 4.33. The molecule has 6 nitrogen and oxygen atoms in total. The van der Waals surface area contributed by atoms with Gasteiger partial charge in [0.15, 0.2) is 0 Å². The van der Waals surface area contributed by atoms with Crippen LogP contribution in [0, 0.1) is 0 Å². The normalized spacial score (nSPS) is 17.5. The molecule has 0 radical (unpaired) electrons. The molecule has 22 heavy (non-hydrogen) atoms. The van der Waals surface area contributed by atoms with Crippen LogP contribution < -0.4 is 0 Å². The van der Waals surface area contributed by atoms with Gasteiger partial charge in [-0.05, 0) is 32.9 Å². The highest BCUT2D eigenvalue weighted by molar-refractivity contribution is 7.88. The van der Waals surface area contributed by atoms with Gasteiger partial charge in [-0.15, -0.1) is 0 Å². The van der Waals surface area contributed by atoms with Gasteiger partial charge in [0.05, 0.1) is 6.26 Å². The van der Waals surface area contributed by atoms with Crippen LogP contribution in [0.25, 0.3) is 0 Å². The van der Waals surface area contributed by atoms with E-state index in [9.17, 15) is 13.2 Å². The quantitative estimate of drug-likeness (QED) is 0.665. The zero-order valence-corrected chi connectivity index (χ0v) is 15.1. The molecule has 1 rings (SSSR count). The molecule has 1 amide bonds. The molecular weight excluding hydrogens is 302 g/mol.